The standard InChI is InChI=1S/C28H28ClF3N6O4/c1-3-23-20(11-17-10-16(2)36(13-17)15-39)26(41)38-27(34-25(35-38)18-6-8-42-9-7-18)37(23)14-24(40)33-22-5-4-19(12-21(22)29)28(30,31)32/h4-6,11-12,15-16H,3,7-10,13-14H2,1-2H3,(H,33,40)/b17-11+/t16-/m1/s1. The number of benzene rings is 1. The van der Waals surface area contributed by atoms with Crippen LogP contribution in [0.15, 0.2) is 34.6 Å². The average Bonchev–Trinajstić information content (AvgIpc) is 3.56. The Bertz CT molecular complexity index is 1680. The van der Waals surface area contributed by atoms with Crippen LogP contribution in [0.3, 0.4) is 0 Å². The van der Waals surface area contributed by atoms with Gasteiger partial charge in [0, 0.05) is 18.3 Å². The molecule has 0 saturated carbocycles. The van der Waals surface area contributed by atoms with Crippen molar-refractivity contribution in [3.8, 4) is 0 Å². The van der Waals surface area contributed by atoms with Gasteiger partial charge in [-0.2, -0.15) is 22.7 Å². The van der Waals surface area contributed by atoms with Crippen molar-refractivity contribution in [1.29, 1.82) is 0 Å². The van der Waals surface area contributed by atoms with E-state index >= 15 is 0 Å². The number of nitrogens with zero attached hydrogens (tertiary/aromatic N) is 5. The summed E-state index contributed by atoms with van der Waals surface area (Å²) in [6.45, 7) is 4.66. The van der Waals surface area contributed by atoms with Crippen molar-refractivity contribution in [2.45, 2.75) is 51.9 Å². The number of aromatic nitrogens is 4. The van der Waals surface area contributed by atoms with Crippen LogP contribution in [0.25, 0.3) is 17.4 Å². The SMILES string of the molecule is CCc1c(/C=C2\C[C@@H](C)N(C=O)C2)c(=O)n2nc(C3=CCOCC3)nc2n1CC(=O)Nc1ccc(C(F)(F)F)cc1Cl. The highest BCUT2D eigenvalue weighted by Crippen LogP contribution is 2.34. The summed E-state index contributed by atoms with van der Waals surface area (Å²) in [5, 5.41) is 6.78. The first-order valence-electron chi connectivity index (χ1n) is 13.4. The summed E-state index contributed by atoms with van der Waals surface area (Å²) in [6, 6.07) is 2.64. The highest BCUT2D eigenvalue weighted by Gasteiger charge is 2.31. The summed E-state index contributed by atoms with van der Waals surface area (Å²) in [5.41, 5.74) is 1.17. The Morgan fingerprint density at radius 2 is 2.10 bits per heavy atom. The van der Waals surface area contributed by atoms with E-state index in [1.807, 2.05) is 19.9 Å². The molecule has 0 radical (unpaired) electrons. The summed E-state index contributed by atoms with van der Waals surface area (Å²) in [5.74, 6) is -0.111. The minimum Gasteiger partial charge on any atom is -0.377 e. The van der Waals surface area contributed by atoms with Crippen molar-refractivity contribution in [1.82, 2.24) is 24.1 Å². The zero-order chi connectivity index (χ0) is 30.2. The Labute approximate surface area is 243 Å². The van der Waals surface area contributed by atoms with Gasteiger partial charge in [0.1, 0.15) is 6.54 Å². The lowest BCUT2D eigenvalue weighted by molar-refractivity contribution is -0.137. The summed E-state index contributed by atoms with van der Waals surface area (Å²) >= 11 is 6.06. The number of anilines is 1. The number of carbonyl (C=O) groups is 2. The number of carbonyl (C=O) groups excluding carboxylic acids is 2. The van der Waals surface area contributed by atoms with Crippen LogP contribution in [-0.4, -0.2) is 62.2 Å². The molecule has 1 saturated heterocycles. The lowest BCUT2D eigenvalue weighted by Gasteiger charge is -2.17. The number of ether oxygens (including phenoxy) is 1. The van der Waals surface area contributed by atoms with Crippen molar-refractivity contribution in [2.24, 2.45) is 0 Å². The summed E-state index contributed by atoms with van der Waals surface area (Å²) < 4.78 is 47.3. The van der Waals surface area contributed by atoms with Crippen molar-refractivity contribution in [3.63, 3.8) is 0 Å². The Hall–Kier alpha value is -3.97. The largest absolute Gasteiger partial charge is 0.416 e. The highest BCUT2D eigenvalue weighted by atomic mass is 35.5. The first-order valence-corrected chi connectivity index (χ1v) is 13.7. The van der Waals surface area contributed by atoms with E-state index in [0.717, 1.165) is 40.3 Å². The molecular formula is C28H28ClF3N6O4. The van der Waals surface area contributed by atoms with E-state index in [4.69, 9.17) is 16.3 Å². The molecule has 0 spiro atoms. The van der Waals surface area contributed by atoms with Crippen molar-refractivity contribution < 1.29 is 27.5 Å². The van der Waals surface area contributed by atoms with E-state index in [-0.39, 0.29) is 29.1 Å². The Kier molecular flexibility index (Phi) is 8.24. The van der Waals surface area contributed by atoms with Crippen LogP contribution in [0, 0.1) is 0 Å². The first-order chi connectivity index (χ1) is 20.0. The van der Waals surface area contributed by atoms with Crippen molar-refractivity contribution in [2.75, 3.05) is 25.1 Å². The molecule has 222 valence electrons. The van der Waals surface area contributed by atoms with Gasteiger partial charge in [0.25, 0.3) is 5.56 Å². The van der Waals surface area contributed by atoms with Crippen LogP contribution < -0.4 is 10.9 Å². The molecule has 1 N–H and O–H groups in total. The van der Waals surface area contributed by atoms with E-state index in [9.17, 15) is 27.6 Å². The Morgan fingerprint density at radius 1 is 1.31 bits per heavy atom. The number of fused-ring (bicyclic) bond motifs is 1. The highest BCUT2D eigenvalue weighted by molar-refractivity contribution is 6.33. The zero-order valence-electron chi connectivity index (χ0n) is 22.9. The van der Waals surface area contributed by atoms with E-state index < -0.39 is 23.2 Å². The monoisotopic (exact) mass is 604 g/mol. The maximum absolute atomic E-state index is 13.8. The van der Waals surface area contributed by atoms with Crippen LogP contribution in [0.5, 0.6) is 0 Å². The molecule has 42 heavy (non-hydrogen) atoms. The first kappa shape index (κ1) is 29.5. The molecule has 10 nitrogen and oxygen atoms in total. The van der Waals surface area contributed by atoms with Gasteiger partial charge in [-0.1, -0.05) is 24.6 Å². The lowest BCUT2D eigenvalue weighted by atomic mass is 10.1. The molecule has 5 rings (SSSR count). The van der Waals surface area contributed by atoms with Gasteiger partial charge in [0.2, 0.25) is 18.1 Å². The molecule has 14 heteroatoms. The van der Waals surface area contributed by atoms with Gasteiger partial charge in [-0.25, -0.2) is 0 Å². The van der Waals surface area contributed by atoms with E-state index in [0.29, 0.717) is 56.1 Å². The number of nitrogens with one attached hydrogen (secondary N) is 1. The minimum absolute atomic E-state index is 0.00976. The van der Waals surface area contributed by atoms with Crippen LogP contribution in [0.1, 0.15) is 49.3 Å². The number of alkyl halides is 3. The smallest absolute Gasteiger partial charge is 0.377 e. The molecule has 0 aliphatic carbocycles. The van der Waals surface area contributed by atoms with E-state index in [1.165, 1.54) is 0 Å². The minimum atomic E-state index is -4.58. The van der Waals surface area contributed by atoms with E-state index in [1.54, 1.807) is 15.5 Å². The van der Waals surface area contributed by atoms with Gasteiger partial charge in [-0.3, -0.25) is 14.4 Å². The van der Waals surface area contributed by atoms with Gasteiger partial charge >= 0.3 is 6.18 Å². The lowest BCUT2D eigenvalue weighted by Crippen LogP contribution is -2.29. The maximum atomic E-state index is 13.8. The van der Waals surface area contributed by atoms with Gasteiger partial charge in [0.15, 0.2) is 5.82 Å². The molecule has 2 aromatic heterocycles. The second-order valence-electron chi connectivity index (χ2n) is 10.2. The number of hydrogen-bond donors (Lipinski definition) is 1. The topological polar surface area (TPSA) is 111 Å². The third-order valence-electron chi connectivity index (χ3n) is 7.34. The third-order valence-corrected chi connectivity index (χ3v) is 7.65. The molecule has 0 bridgehead atoms. The predicted octanol–water partition coefficient (Wildman–Crippen LogP) is 4.20. The molecule has 2 aliphatic rings. The number of rotatable bonds is 7. The molecule has 1 atom stereocenters. The zero-order valence-corrected chi connectivity index (χ0v) is 23.6. The maximum Gasteiger partial charge on any atom is 0.416 e. The van der Waals surface area contributed by atoms with Gasteiger partial charge in [0.05, 0.1) is 35.1 Å². The summed E-state index contributed by atoms with van der Waals surface area (Å²) in [7, 11) is 0. The number of hydrogen-bond acceptors (Lipinski definition) is 6. The second-order valence-corrected chi connectivity index (χ2v) is 10.6. The number of halogens is 4. The fraction of sp³-hybridized carbons (Fsp3) is 0.393. The van der Waals surface area contributed by atoms with Crippen molar-refractivity contribution >= 4 is 47.0 Å². The average molecular weight is 605 g/mol. The molecule has 1 fully saturated rings. The Morgan fingerprint density at radius 3 is 2.71 bits per heavy atom. The van der Waals surface area contributed by atoms with Gasteiger partial charge in [-0.15, -0.1) is 5.10 Å². The quantitative estimate of drug-likeness (QED) is 0.405. The van der Waals surface area contributed by atoms with Gasteiger partial charge < -0.3 is 19.5 Å². The van der Waals surface area contributed by atoms with E-state index in [2.05, 4.69) is 15.4 Å². The number of likely N-dealkylation sites (tertiary alicyclic amines) is 1. The molecular weight excluding hydrogens is 577 g/mol. The third kappa shape index (κ3) is 5.84. The van der Waals surface area contributed by atoms with Crippen LogP contribution in [0.4, 0.5) is 18.9 Å². The molecule has 3 aromatic rings. The second kappa shape index (κ2) is 11.7. The summed E-state index contributed by atoms with van der Waals surface area (Å²) in [6.07, 6.45) is 1.26. The molecule has 1 aromatic carbocycles. The number of amides is 2. The van der Waals surface area contributed by atoms with Crippen LogP contribution >= 0.6 is 11.6 Å². The molecule has 2 amide bonds. The fourth-order valence-electron chi connectivity index (χ4n) is 5.20. The normalized spacial score (nSPS) is 18.5. The van der Waals surface area contributed by atoms with Crippen LogP contribution in [-0.2, 0) is 33.5 Å². The summed E-state index contributed by atoms with van der Waals surface area (Å²) in [4.78, 5) is 44.7. The fourth-order valence-corrected chi connectivity index (χ4v) is 5.43. The van der Waals surface area contributed by atoms with Crippen LogP contribution in [0.2, 0.25) is 5.02 Å². The molecule has 0 unspecified atom stereocenters. The molecule has 2 aliphatic heterocycles. The van der Waals surface area contributed by atoms with Crippen molar-refractivity contribution in [3.05, 3.63) is 67.9 Å². The molecule has 4 heterocycles. The van der Waals surface area contributed by atoms with Gasteiger partial charge in [-0.05, 0) is 61.6 Å². The predicted molar refractivity (Wildman–Crippen MR) is 150 cm³/mol. The Balaban J connectivity index is 1.58.